The van der Waals surface area contributed by atoms with Crippen LogP contribution in [0.25, 0.3) is 0 Å². The van der Waals surface area contributed by atoms with Crippen molar-refractivity contribution < 1.29 is 13.9 Å². The number of carbonyl (C=O) groups is 1. The van der Waals surface area contributed by atoms with Crippen LogP contribution < -0.4 is 4.90 Å². The van der Waals surface area contributed by atoms with Crippen LogP contribution in [0.1, 0.15) is 5.56 Å². The summed E-state index contributed by atoms with van der Waals surface area (Å²) in [6, 6.07) is 4.77. The van der Waals surface area contributed by atoms with Gasteiger partial charge in [0, 0.05) is 0 Å². The number of halogens is 1. The first kappa shape index (κ1) is 8.99. The summed E-state index contributed by atoms with van der Waals surface area (Å²) in [5, 5.41) is 0. The standard InChI is InChI=1S/C10H10FNO2/c1-7-2-3-9(8(11)6-7)12-4-5-14-10(12)13/h2-3,6H,4-5H2,1H3. The highest BCUT2D eigenvalue weighted by Gasteiger charge is 2.25. The van der Waals surface area contributed by atoms with Gasteiger partial charge < -0.3 is 4.74 Å². The Labute approximate surface area is 81.1 Å². The lowest BCUT2D eigenvalue weighted by Gasteiger charge is -2.13. The SMILES string of the molecule is Cc1ccc(N2CCOC2=O)c(F)c1. The molecular formula is C10H10FNO2. The molecule has 0 aliphatic carbocycles. The molecule has 4 heteroatoms. The molecule has 0 atom stereocenters. The van der Waals surface area contributed by atoms with Crippen molar-refractivity contribution in [3.63, 3.8) is 0 Å². The molecule has 1 aliphatic rings. The predicted octanol–water partition coefficient (Wildman–Crippen LogP) is 2.09. The Hall–Kier alpha value is -1.58. The number of benzene rings is 1. The number of ether oxygens (including phenoxy) is 1. The van der Waals surface area contributed by atoms with Crippen molar-refractivity contribution in [3.8, 4) is 0 Å². The van der Waals surface area contributed by atoms with Crippen LogP contribution in [0.4, 0.5) is 14.9 Å². The predicted molar refractivity (Wildman–Crippen MR) is 49.8 cm³/mol. The molecule has 2 rings (SSSR count). The Kier molecular flexibility index (Phi) is 2.11. The fraction of sp³-hybridized carbons (Fsp3) is 0.300. The van der Waals surface area contributed by atoms with Crippen LogP contribution in [-0.2, 0) is 4.74 Å². The third-order valence-corrected chi connectivity index (χ3v) is 2.15. The van der Waals surface area contributed by atoms with Gasteiger partial charge in [-0.15, -0.1) is 0 Å². The zero-order valence-corrected chi connectivity index (χ0v) is 7.79. The van der Waals surface area contributed by atoms with Crippen molar-refractivity contribution in [2.24, 2.45) is 0 Å². The maximum absolute atomic E-state index is 13.4. The maximum Gasteiger partial charge on any atom is 0.414 e. The molecule has 0 spiro atoms. The number of aryl methyl sites for hydroxylation is 1. The fourth-order valence-corrected chi connectivity index (χ4v) is 1.44. The number of carbonyl (C=O) groups excluding carboxylic acids is 1. The van der Waals surface area contributed by atoms with Gasteiger partial charge in [-0.1, -0.05) is 6.07 Å². The van der Waals surface area contributed by atoms with E-state index in [2.05, 4.69) is 0 Å². The molecule has 0 N–H and O–H groups in total. The number of hydrogen-bond donors (Lipinski definition) is 0. The molecule has 1 amide bonds. The summed E-state index contributed by atoms with van der Waals surface area (Å²) >= 11 is 0. The van der Waals surface area contributed by atoms with E-state index in [1.54, 1.807) is 19.1 Å². The normalized spacial score (nSPS) is 15.9. The highest BCUT2D eigenvalue weighted by atomic mass is 19.1. The molecule has 1 aliphatic heterocycles. The average molecular weight is 195 g/mol. The third kappa shape index (κ3) is 1.43. The summed E-state index contributed by atoms with van der Waals surface area (Å²) in [5.74, 6) is -0.385. The Morgan fingerprint density at radius 3 is 2.86 bits per heavy atom. The zero-order chi connectivity index (χ0) is 10.1. The monoisotopic (exact) mass is 195 g/mol. The molecule has 0 aromatic heterocycles. The first-order chi connectivity index (χ1) is 6.68. The van der Waals surface area contributed by atoms with Crippen LogP contribution >= 0.6 is 0 Å². The van der Waals surface area contributed by atoms with Gasteiger partial charge in [0.25, 0.3) is 0 Å². The number of rotatable bonds is 1. The van der Waals surface area contributed by atoms with Gasteiger partial charge in [-0.25, -0.2) is 9.18 Å². The smallest absolute Gasteiger partial charge is 0.414 e. The van der Waals surface area contributed by atoms with Gasteiger partial charge in [0.15, 0.2) is 0 Å². The molecule has 1 fully saturated rings. The average Bonchev–Trinajstić information content (AvgIpc) is 2.52. The second-order valence-corrected chi connectivity index (χ2v) is 3.22. The molecule has 0 saturated carbocycles. The summed E-state index contributed by atoms with van der Waals surface area (Å²) in [5.41, 5.74) is 1.12. The highest BCUT2D eigenvalue weighted by molar-refractivity contribution is 5.89. The number of amides is 1. The van der Waals surface area contributed by atoms with E-state index in [1.165, 1.54) is 11.0 Å². The minimum atomic E-state index is -0.479. The van der Waals surface area contributed by atoms with Gasteiger partial charge in [-0.05, 0) is 24.6 Å². The second kappa shape index (κ2) is 3.29. The maximum atomic E-state index is 13.4. The summed E-state index contributed by atoms with van der Waals surface area (Å²) in [7, 11) is 0. The summed E-state index contributed by atoms with van der Waals surface area (Å²) in [4.78, 5) is 12.4. The molecule has 0 unspecified atom stereocenters. The molecule has 0 bridgehead atoms. The number of cyclic esters (lactones) is 1. The summed E-state index contributed by atoms with van der Waals surface area (Å²) in [6.07, 6.45) is -0.479. The molecular weight excluding hydrogens is 185 g/mol. The lowest BCUT2D eigenvalue weighted by Crippen LogP contribution is -2.24. The van der Waals surface area contributed by atoms with Crippen LogP contribution in [0.5, 0.6) is 0 Å². The first-order valence-corrected chi connectivity index (χ1v) is 4.39. The van der Waals surface area contributed by atoms with Gasteiger partial charge in [-0.2, -0.15) is 0 Å². The molecule has 1 aromatic rings. The van der Waals surface area contributed by atoms with Crippen molar-refractivity contribution in [1.82, 2.24) is 0 Å². The van der Waals surface area contributed by atoms with E-state index in [9.17, 15) is 9.18 Å². The minimum absolute atomic E-state index is 0.290. The van der Waals surface area contributed by atoms with Gasteiger partial charge in [0.2, 0.25) is 0 Å². The molecule has 1 heterocycles. The van der Waals surface area contributed by atoms with Crippen LogP contribution in [0.2, 0.25) is 0 Å². The van der Waals surface area contributed by atoms with Gasteiger partial charge in [0.05, 0.1) is 12.2 Å². The van der Waals surface area contributed by atoms with E-state index in [-0.39, 0.29) is 11.5 Å². The highest BCUT2D eigenvalue weighted by Crippen LogP contribution is 2.22. The van der Waals surface area contributed by atoms with E-state index in [1.807, 2.05) is 0 Å². The van der Waals surface area contributed by atoms with Crippen molar-refractivity contribution >= 4 is 11.8 Å². The van der Waals surface area contributed by atoms with Crippen LogP contribution in [0.3, 0.4) is 0 Å². The first-order valence-electron chi connectivity index (χ1n) is 4.39. The molecule has 74 valence electrons. The Morgan fingerprint density at radius 1 is 1.50 bits per heavy atom. The number of anilines is 1. The van der Waals surface area contributed by atoms with Crippen molar-refractivity contribution in [1.29, 1.82) is 0 Å². The Bertz CT molecular complexity index is 378. The number of hydrogen-bond acceptors (Lipinski definition) is 2. The molecule has 1 saturated heterocycles. The molecule has 0 radical (unpaired) electrons. The summed E-state index contributed by atoms with van der Waals surface area (Å²) < 4.78 is 18.2. The van der Waals surface area contributed by atoms with Crippen LogP contribution in [-0.4, -0.2) is 19.2 Å². The number of nitrogens with zero attached hydrogens (tertiary/aromatic N) is 1. The van der Waals surface area contributed by atoms with E-state index >= 15 is 0 Å². The minimum Gasteiger partial charge on any atom is -0.447 e. The van der Waals surface area contributed by atoms with Crippen molar-refractivity contribution in [2.45, 2.75) is 6.92 Å². The topological polar surface area (TPSA) is 29.5 Å². The molecule has 14 heavy (non-hydrogen) atoms. The van der Waals surface area contributed by atoms with Gasteiger partial charge >= 0.3 is 6.09 Å². The third-order valence-electron chi connectivity index (χ3n) is 2.15. The second-order valence-electron chi connectivity index (χ2n) is 3.22. The van der Waals surface area contributed by atoms with Crippen LogP contribution in [0, 0.1) is 12.7 Å². The van der Waals surface area contributed by atoms with Crippen molar-refractivity contribution in [2.75, 3.05) is 18.1 Å². The van der Waals surface area contributed by atoms with Crippen molar-refractivity contribution in [3.05, 3.63) is 29.6 Å². The van der Waals surface area contributed by atoms with E-state index in [4.69, 9.17) is 4.74 Å². The zero-order valence-electron chi connectivity index (χ0n) is 7.79. The largest absolute Gasteiger partial charge is 0.447 e. The van der Waals surface area contributed by atoms with E-state index in [0.29, 0.717) is 13.2 Å². The summed E-state index contributed by atoms with van der Waals surface area (Å²) in [6.45, 7) is 2.54. The molecule has 3 nitrogen and oxygen atoms in total. The van der Waals surface area contributed by atoms with E-state index in [0.717, 1.165) is 5.56 Å². The van der Waals surface area contributed by atoms with E-state index < -0.39 is 6.09 Å². The van der Waals surface area contributed by atoms with Crippen LogP contribution in [0.15, 0.2) is 18.2 Å². The lowest BCUT2D eigenvalue weighted by atomic mass is 10.2. The quantitative estimate of drug-likeness (QED) is 0.686. The Balaban J connectivity index is 2.36. The van der Waals surface area contributed by atoms with Gasteiger partial charge in [0.1, 0.15) is 12.4 Å². The van der Waals surface area contributed by atoms with Gasteiger partial charge in [-0.3, -0.25) is 4.90 Å². The Morgan fingerprint density at radius 2 is 2.29 bits per heavy atom. The fourth-order valence-electron chi connectivity index (χ4n) is 1.44. The lowest BCUT2D eigenvalue weighted by molar-refractivity contribution is 0.181. The molecule has 1 aromatic carbocycles.